The molecule has 0 fully saturated rings. The monoisotopic (exact) mass is 303 g/mol. The van der Waals surface area contributed by atoms with Crippen LogP contribution in [0.15, 0.2) is 39.8 Å². The van der Waals surface area contributed by atoms with Gasteiger partial charge in [0.25, 0.3) is 0 Å². The van der Waals surface area contributed by atoms with E-state index in [1.54, 1.807) is 0 Å². The number of likely N-dealkylation sites (N-methyl/N-ethyl adjacent to an activating group) is 1. The van der Waals surface area contributed by atoms with Crippen LogP contribution in [-0.4, -0.2) is 7.05 Å². The molecule has 0 radical (unpaired) electrons. The van der Waals surface area contributed by atoms with Crippen LogP contribution < -0.4 is 5.32 Å². The van der Waals surface area contributed by atoms with Gasteiger partial charge in [-0.25, -0.2) is 0 Å². The lowest BCUT2D eigenvalue weighted by Crippen LogP contribution is -2.13. The van der Waals surface area contributed by atoms with Crippen LogP contribution in [0.25, 0.3) is 0 Å². The summed E-state index contributed by atoms with van der Waals surface area (Å²) in [7, 11) is 1.92. The average molecular weight is 305 g/mol. The number of halogens is 2. The maximum absolute atomic E-state index is 3.77. The van der Waals surface area contributed by atoms with E-state index < -0.39 is 0 Å². The second-order valence-electron chi connectivity index (χ2n) is 2.70. The van der Waals surface area contributed by atoms with Gasteiger partial charge in [-0.1, -0.05) is 37.9 Å². The van der Waals surface area contributed by atoms with Crippen LogP contribution in [0, 0.1) is 0 Å². The van der Waals surface area contributed by atoms with Crippen molar-refractivity contribution in [2.24, 2.45) is 0 Å². The highest BCUT2D eigenvalue weighted by atomic mass is 79.9. The summed E-state index contributed by atoms with van der Waals surface area (Å²) in [6.45, 7) is 3.77. The van der Waals surface area contributed by atoms with Crippen LogP contribution in [0.5, 0.6) is 0 Å². The van der Waals surface area contributed by atoms with Crippen molar-refractivity contribution < 1.29 is 0 Å². The summed E-state index contributed by atoms with van der Waals surface area (Å²) in [4.78, 5) is 0. The molecule has 1 atom stereocenters. The normalized spacial score (nSPS) is 12.5. The summed E-state index contributed by atoms with van der Waals surface area (Å²) in [5, 5.41) is 3.16. The Morgan fingerprint density at radius 2 is 1.85 bits per heavy atom. The fraction of sp³-hybridized carbons (Fsp3) is 0.200. The second-order valence-corrected chi connectivity index (χ2v) is 4.54. The molecule has 1 unspecified atom stereocenters. The summed E-state index contributed by atoms with van der Waals surface area (Å²) in [6.07, 6.45) is 1.88. The number of rotatable bonds is 3. The smallest absolute Gasteiger partial charge is 0.0502 e. The molecule has 0 heterocycles. The van der Waals surface area contributed by atoms with Gasteiger partial charge in [-0.3, -0.25) is 0 Å². The molecule has 0 bridgehead atoms. The fourth-order valence-electron chi connectivity index (χ4n) is 1.18. The Bertz CT molecular complexity index is 290. The molecule has 0 aliphatic rings. The van der Waals surface area contributed by atoms with Gasteiger partial charge in [0.1, 0.15) is 0 Å². The molecule has 1 rings (SSSR count). The van der Waals surface area contributed by atoms with Crippen LogP contribution in [0.4, 0.5) is 0 Å². The fourth-order valence-corrected chi connectivity index (χ4v) is 2.50. The molecule has 0 saturated carbocycles. The molecule has 1 aromatic carbocycles. The van der Waals surface area contributed by atoms with E-state index in [1.165, 1.54) is 5.56 Å². The number of benzene rings is 1. The molecule has 0 aromatic heterocycles. The van der Waals surface area contributed by atoms with Crippen molar-refractivity contribution in [2.45, 2.75) is 6.04 Å². The molecule has 0 amide bonds. The number of hydrogen-bond donors (Lipinski definition) is 1. The molecular weight excluding hydrogens is 294 g/mol. The van der Waals surface area contributed by atoms with Gasteiger partial charge in [0.05, 0.1) is 6.04 Å². The SMILES string of the molecule is C=CC(NC)c1cc(Br)cc(Br)c1. The first-order valence-electron chi connectivity index (χ1n) is 3.93. The summed E-state index contributed by atoms with van der Waals surface area (Å²) in [5.41, 5.74) is 1.19. The third kappa shape index (κ3) is 2.93. The summed E-state index contributed by atoms with van der Waals surface area (Å²) >= 11 is 6.90. The standard InChI is InChI=1S/C10H11Br2N/c1-3-10(13-2)7-4-8(11)6-9(12)5-7/h3-6,10,13H,1H2,2H3. The molecule has 0 spiro atoms. The van der Waals surface area contributed by atoms with Crippen molar-refractivity contribution in [2.75, 3.05) is 7.05 Å². The Balaban J connectivity index is 3.05. The Hall–Kier alpha value is -0.120. The maximum Gasteiger partial charge on any atom is 0.0502 e. The second kappa shape index (κ2) is 4.94. The van der Waals surface area contributed by atoms with Crippen LogP contribution in [0.3, 0.4) is 0 Å². The summed E-state index contributed by atoms with van der Waals surface area (Å²) in [5.74, 6) is 0. The Labute approximate surface area is 95.5 Å². The van der Waals surface area contributed by atoms with E-state index in [0.717, 1.165) is 8.95 Å². The quantitative estimate of drug-likeness (QED) is 0.840. The lowest BCUT2D eigenvalue weighted by atomic mass is 10.1. The van der Waals surface area contributed by atoms with Crippen LogP contribution in [0.2, 0.25) is 0 Å². The first kappa shape index (κ1) is 11.0. The minimum absolute atomic E-state index is 0.203. The zero-order valence-electron chi connectivity index (χ0n) is 7.35. The lowest BCUT2D eigenvalue weighted by Gasteiger charge is -2.12. The predicted molar refractivity (Wildman–Crippen MR) is 63.8 cm³/mol. The van der Waals surface area contributed by atoms with Gasteiger partial charge in [-0.2, -0.15) is 0 Å². The van der Waals surface area contributed by atoms with Crippen molar-refractivity contribution in [3.05, 3.63) is 45.4 Å². The molecule has 3 heteroatoms. The van der Waals surface area contributed by atoms with Crippen molar-refractivity contribution in [1.82, 2.24) is 5.32 Å². The van der Waals surface area contributed by atoms with Gasteiger partial charge >= 0.3 is 0 Å². The third-order valence-corrected chi connectivity index (χ3v) is 2.71. The Morgan fingerprint density at radius 1 is 1.31 bits per heavy atom. The van der Waals surface area contributed by atoms with E-state index in [9.17, 15) is 0 Å². The van der Waals surface area contributed by atoms with Gasteiger partial charge < -0.3 is 5.32 Å². The van der Waals surface area contributed by atoms with Gasteiger partial charge in [-0.15, -0.1) is 6.58 Å². The maximum atomic E-state index is 3.77. The average Bonchev–Trinajstić information content (AvgIpc) is 2.04. The van der Waals surface area contributed by atoms with Gasteiger partial charge in [0, 0.05) is 8.95 Å². The minimum atomic E-state index is 0.203. The largest absolute Gasteiger partial charge is 0.310 e. The van der Waals surface area contributed by atoms with E-state index in [0.29, 0.717) is 0 Å². The zero-order chi connectivity index (χ0) is 9.84. The van der Waals surface area contributed by atoms with Gasteiger partial charge in [0.15, 0.2) is 0 Å². The predicted octanol–water partition coefficient (Wildman–Crippen LogP) is 3.66. The first-order chi connectivity index (χ1) is 6.17. The highest BCUT2D eigenvalue weighted by Gasteiger charge is 2.05. The van der Waals surface area contributed by atoms with Crippen LogP contribution in [-0.2, 0) is 0 Å². The van der Waals surface area contributed by atoms with Crippen LogP contribution in [0.1, 0.15) is 11.6 Å². The van der Waals surface area contributed by atoms with Crippen molar-refractivity contribution in [1.29, 1.82) is 0 Å². The molecule has 13 heavy (non-hydrogen) atoms. The van der Waals surface area contributed by atoms with E-state index in [-0.39, 0.29) is 6.04 Å². The molecule has 0 aliphatic heterocycles. The third-order valence-electron chi connectivity index (χ3n) is 1.79. The molecule has 0 aliphatic carbocycles. The zero-order valence-corrected chi connectivity index (χ0v) is 10.5. The first-order valence-corrected chi connectivity index (χ1v) is 5.51. The van der Waals surface area contributed by atoms with Crippen molar-refractivity contribution in [3.8, 4) is 0 Å². The van der Waals surface area contributed by atoms with E-state index >= 15 is 0 Å². The highest BCUT2D eigenvalue weighted by molar-refractivity contribution is 9.11. The molecular formula is C10H11Br2N. The molecule has 70 valence electrons. The van der Waals surface area contributed by atoms with E-state index in [2.05, 4.69) is 55.9 Å². The topological polar surface area (TPSA) is 12.0 Å². The molecule has 0 saturated heterocycles. The van der Waals surface area contributed by atoms with Gasteiger partial charge in [-0.05, 0) is 30.8 Å². The minimum Gasteiger partial charge on any atom is -0.310 e. The number of hydrogen-bond acceptors (Lipinski definition) is 1. The Kier molecular flexibility index (Phi) is 4.16. The highest BCUT2D eigenvalue weighted by Crippen LogP contribution is 2.24. The van der Waals surface area contributed by atoms with E-state index in [4.69, 9.17) is 0 Å². The molecule has 1 N–H and O–H groups in total. The molecule has 1 aromatic rings. The number of nitrogens with one attached hydrogen (secondary N) is 1. The summed E-state index contributed by atoms with van der Waals surface area (Å²) in [6, 6.07) is 6.37. The lowest BCUT2D eigenvalue weighted by molar-refractivity contribution is 0.715. The molecule has 1 nitrogen and oxygen atoms in total. The van der Waals surface area contributed by atoms with E-state index in [1.807, 2.05) is 19.2 Å². The van der Waals surface area contributed by atoms with Crippen molar-refractivity contribution >= 4 is 31.9 Å². The Morgan fingerprint density at radius 3 is 2.23 bits per heavy atom. The van der Waals surface area contributed by atoms with Crippen molar-refractivity contribution in [3.63, 3.8) is 0 Å². The van der Waals surface area contributed by atoms with Crippen LogP contribution >= 0.6 is 31.9 Å². The van der Waals surface area contributed by atoms with Gasteiger partial charge in [0.2, 0.25) is 0 Å². The summed E-state index contributed by atoms with van der Waals surface area (Å²) < 4.78 is 2.14.